The molecule has 4 amide bonds. The lowest BCUT2D eigenvalue weighted by Crippen LogP contribution is -2.58. The molecule has 0 radical (unpaired) electrons. The van der Waals surface area contributed by atoms with E-state index in [0.29, 0.717) is 22.4 Å². The third-order valence-corrected chi connectivity index (χ3v) is 9.33. The Balaban J connectivity index is 1.38. The summed E-state index contributed by atoms with van der Waals surface area (Å²) in [6.07, 6.45) is 0.0221. The van der Waals surface area contributed by atoms with Crippen LogP contribution in [0.2, 0.25) is 0 Å². The molecule has 62 heavy (non-hydrogen) atoms. The predicted molar refractivity (Wildman–Crippen MR) is 226 cm³/mol. The standard InChI is InChI=1S/C46H50N6O10/c1-33(47)41(53)50-39(26-38-27-51(32-49-38)45(57)61-30-36-20-10-4-11-21-36)42(54)52(46(58)62-31-37-22-12-5-13-23-37)40(43(55)59-28-34-16-6-2-7-17-34)24-14-15-25-48-44(56)60-29-35-18-8-3-9-19-35/h2-13,16-23,27,32-33,39-40H,14-15,24-26,28-31,47H2,1H3,(H,48,56)(H,50,53)/t33-,39-,40-/m0/s1. The molecular weight excluding hydrogens is 797 g/mol. The maximum atomic E-state index is 14.8. The van der Waals surface area contributed by atoms with Crippen molar-refractivity contribution < 1.29 is 47.7 Å². The summed E-state index contributed by atoms with van der Waals surface area (Å²) in [6, 6.07) is 31.6. The van der Waals surface area contributed by atoms with Crippen molar-refractivity contribution in [3.8, 4) is 0 Å². The second-order valence-electron chi connectivity index (χ2n) is 14.2. The van der Waals surface area contributed by atoms with Crippen LogP contribution in [-0.4, -0.2) is 75.2 Å². The number of alkyl carbamates (subject to hydrolysis) is 1. The van der Waals surface area contributed by atoms with E-state index in [4.69, 9.17) is 24.7 Å². The fraction of sp³-hybridized carbons (Fsp3) is 0.283. The zero-order valence-electron chi connectivity index (χ0n) is 34.3. The summed E-state index contributed by atoms with van der Waals surface area (Å²) in [6.45, 7) is 1.20. The van der Waals surface area contributed by atoms with E-state index in [1.807, 2.05) is 48.5 Å². The first-order chi connectivity index (χ1) is 30.1. The maximum absolute atomic E-state index is 14.8. The van der Waals surface area contributed by atoms with E-state index in [-0.39, 0.29) is 57.9 Å². The lowest BCUT2D eigenvalue weighted by atomic mass is 10.0. The number of nitrogens with one attached hydrogen (secondary N) is 2. The smallest absolute Gasteiger partial charge is 0.419 e. The molecule has 3 atom stereocenters. The fourth-order valence-electron chi connectivity index (χ4n) is 6.01. The lowest BCUT2D eigenvalue weighted by Gasteiger charge is -2.31. The van der Waals surface area contributed by atoms with Gasteiger partial charge >= 0.3 is 24.2 Å². The highest BCUT2D eigenvalue weighted by atomic mass is 16.6. The number of carbonyl (C=O) groups excluding carboxylic acids is 6. The van der Waals surface area contributed by atoms with Crippen molar-refractivity contribution in [3.63, 3.8) is 0 Å². The molecule has 5 rings (SSSR count). The molecule has 0 fully saturated rings. The number of esters is 1. The Morgan fingerprint density at radius 3 is 1.71 bits per heavy atom. The van der Waals surface area contributed by atoms with Gasteiger partial charge in [-0.2, -0.15) is 0 Å². The number of nitrogens with zero attached hydrogens (tertiary/aromatic N) is 3. The molecule has 324 valence electrons. The van der Waals surface area contributed by atoms with E-state index in [1.54, 1.807) is 72.8 Å². The van der Waals surface area contributed by atoms with E-state index in [2.05, 4.69) is 15.6 Å². The Morgan fingerprint density at radius 1 is 0.677 bits per heavy atom. The van der Waals surface area contributed by atoms with Gasteiger partial charge in [0.2, 0.25) is 5.91 Å². The van der Waals surface area contributed by atoms with E-state index in [0.717, 1.165) is 15.7 Å². The number of aromatic nitrogens is 2. The molecule has 0 spiro atoms. The first kappa shape index (κ1) is 45.7. The van der Waals surface area contributed by atoms with Gasteiger partial charge in [-0.3, -0.25) is 9.59 Å². The van der Waals surface area contributed by atoms with Gasteiger partial charge in [-0.1, -0.05) is 121 Å². The van der Waals surface area contributed by atoms with Crippen LogP contribution in [0.15, 0.2) is 134 Å². The van der Waals surface area contributed by atoms with Crippen molar-refractivity contribution in [2.24, 2.45) is 5.73 Å². The van der Waals surface area contributed by atoms with Crippen molar-refractivity contribution in [2.75, 3.05) is 6.54 Å². The molecule has 5 aromatic rings. The van der Waals surface area contributed by atoms with Crippen LogP contribution in [-0.2, 0) is 66.2 Å². The monoisotopic (exact) mass is 846 g/mol. The number of ether oxygens (including phenoxy) is 4. The van der Waals surface area contributed by atoms with Gasteiger partial charge in [0.25, 0.3) is 5.91 Å². The van der Waals surface area contributed by atoms with Crippen molar-refractivity contribution >= 4 is 36.1 Å². The molecule has 0 unspecified atom stereocenters. The van der Waals surface area contributed by atoms with Crippen molar-refractivity contribution in [2.45, 2.75) is 77.2 Å². The summed E-state index contributed by atoms with van der Waals surface area (Å²) in [5.41, 5.74) is 8.89. The fourth-order valence-corrected chi connectivity index (χ4v) is 6.01. The highest BCUT2D eigenvalue weighted by molar-refractivity contribution is 6.01. The summed E-state index contributed by atoms with van der Waals surface area (Å²) in [7, 11) is 0. The van der Waals surface area contributed by atoms with Gasteiger partial charge in [-0.15, -0.1) is 0 Å². The topological polar surface area (TPSA) is 210 Å². The molecule has 4 aromatic carbocycles. The Kier molecular flexibility index (Phi) is 17.8. The minimum absolute atomic E-state index is 0.00500. The van der Waals surface area contributed by atoms with Crippen LogP contribution in [0, 0.1) is 0 Å². The average Bonchev–Trinajstić information content (AvgIpc) is 3.77. The van der Waals surface area contributed by atoms with Gasteiger partial charge in [0.1, 0.15) is 44.8 Å². The van der Waals surface area contributed by atoms with Gasteiger partial charge < -0.3 is 35.3 Å². The van der Waals surface area contributed by atoms with Crippen LogP contribution in [0.5, 0.6) is 0 Å². The van der Waals surface area contributed by atoms with Crippen LogP contribution in [0.3, 0.4) is 0 Å². The molecule has 0 saturated heterocycles. The number of rotatable bonds is 20. The molecule has 16 nitrogen and oxygen atoms in total. The predicted octanol–water partition coefficient (Wildman–Crippen LogP) is 5.82. The zero-order chi connectivity index (χ0) is 44.1. The van der Waals surface area contributed by atoms with Crippen LogP contribution >= 0.6 is 0 Å². The summed E-state index contributed by atoms with van der Waals surface area (Å²) in [4.78, 5) is 86.4. The first-order valence-electron chi connectivity index (χ1n) is 20.1. The van der Waals surface area contributed by atoms with Crippen LogP contribution in [0.25, 0.3) is 0 Å². The minimum atomic E-state index is -1.56. The average molecular weight is 847 g/mol. The van der Waals surface area contributed by atoms with Gasteiger partial charge in [-0.25, -0.2) is 33.6 Å². The highest BCUT2D eigenvalue weighted by Gasteiger charge is 2.41. The van der Waals surface area contributed by atoms with Crippen LogP contribution in [0.1, 0.15) is 54.1 Å². The molecule has 4 N–H and O–H groups in total. The van der Waals surface area contributed by atoms with Gasteiger partial charge in [0, 0.05) is 19.2 Å². The minimum Gasteiger partial charge on any atom is -0.459 e. The van der Waals surface area contributed by atoms with Gasteiger partial charge in [0.15, 0.2) is 0 Å². The number of carbonyl (C=O) groups is 6. The summed E-state index contributed by atoms with van der Waals surface area (Å²) >= 11 is 0. The number of imidazole rings is 1. The van der Waals surface area contributed by atoms with E-state index in [9.17, 15) is 28.8 Å². The Bertz CT molecular complexity index is 2200. The second-order valence-corrected chi connectivity index (χ2v) is 14.2. The van der Waals surface area contributed by atoms with E-state index in [1.165, 1.54) is 19.4 Å². The number of imide groups is 1. The van der Waals surface area contributed by atoms with Gasteiger partial charge in [-0.05, 0) is 48.4 Å². The molecule has 0 aliphatic carbocycles. The molecule has 16 heteroatoms. The number of nitrogens with two attached hydrogens (primary N) is 1. The number of amides is 4. The maximum Gasteiger partial charge on any atom is 0.419 e. The largest absolute Gasteiger partial charge is 0.459 e. The van der Waals surface area contributed by atoms with E-state index < -0.39 is 54.2 Å². The Morgan fingerprint density at radius 2 is 1.18 bits per heavy atom. The molecular formula is C46H50N6O10. The molecule has 0 saturated carbocycles. The Labute approximate surface area is 359 Å². The molecule has 1 heterocycles. The van der Waals surface area contributed by atoms with Crippen molar-refractivity contribution in [1.82, 2.24) is 25.1 Å². The quantitative estimate of drug-likeness (QED) is 0.0481. The lowest BCUT2D eigenvalue weighted by molar-refractivity contribution is -0.156. The SMILES string of the molecule is C[C@H](N)C(=O)N[C@@H](Cc1cn(C(=O)OCc2ccccc2)cn1)C(=O)N(C(=O)OCc1ccccc1)[C@@H](CCCCNC(=O)OCc1ccccc1)C(=O)OCc1ccccc1. The Hall–Kier alpha value is -7.33. The zero-order valence-corrected chi connectivity index (χ0v) is 34.3. The molecule has 1 aromatic heterocycles. The van der Waals surface area contributed by atoms with Crippen LogP contribution < -0.4 is 16.4 Å². The second kappa shape index (κ2) is 24.1. The number of unbranched alkanes of at least 4 members (excludes halogenated alkanes) is 1. The summed E-state index contributed by atoms with van der Waals surface area (Å²) < 4.78 is 23.1. The third kappa shape index (κ3) is 14.7. The van der Waals surface area contributed by atoms with E-state index >= 15 is 0 Å². The third-order valence-electron chi connectivity index (χ3n) is 9.33. The normalized spacial score (nSPS) is 12.2. The molecule has 0 aliphatic rings. The summed E-state index contributed by atoms with van der Waals surface area (Å²) in [5, 5.41) is 5.25. The van der Waals surface area contributed by atoms with Gasteiger partial charge in [0.05, 0.1) is 11.7 Å². The first-order valence-corrected chi connectivity index (χ1v) is 20.1. The molecule has 0 aliphatic heterocycles. The van der Waals surface area contributed by atoms with Crippen molar-refractivity contribution in [3.05, 3.63) is 162 Å². The summed E-state index contributed by atoms with van der Waals surface area (Å²) in [5.74, 6) is -2.68. The number of hydrogen-bond acceptors (Lipinski definition) is 12. The van der Waals surface area contributed by atoms with Crippen LogP contribution in [0.4, 0.5) is 14.4 Å². The highest BCUT2D eigenvalue weighted by Crippen LogP contribution is 2.19. The molecule has 0 bridgehead atoms. The number of hydrogen-bond donors (Lipinski definition) is 3. The van der Waals surface area contributed by atoms with Crippen molar-refractivity contribution in [1.29, 1.82) is 0 Å². The number of benzene rings is 4.